The molecular weight excluding hydrogens is 200 g/mol. The van der Waals surface area contributed by atoms with Crippen molar-refractivity contribution >= 4 is 18.4 Å². The summed E-state index contributed by atoms with van der Waals surface area (Å²) < 4.78 is 0. The molecule has 0 aromatic carbocycles. The molecule has 0 aromatic heterocycles. The van der Waals surface area contributed by atoms with E-state index in [1.54, 1.807) is 0 Å². The number of unbranched alkanes of at least 4 members (excludes halogenated alkanes) is 2. The second-order valence-corrected chi connectivity index (χ2v) is 3.75. The van der Waals surface area contributed by atoms with E-state index in [2.05, 4.69) is 13.8 Å². The van der Waals surface area contributed by atoms with Crippen LogP contribution in [0.2, 0.25) is 0 Å². The van der Waals surface area contributed by atoms with Crippen molar-refractivity contribution in [3.8, 4) is 0 Å². The van der Waals surface area contributed by atoms with Crippen LogP contribution in [-0.2, 0) is 4.79 Å². The van der Waals surface area contributed by atoms with Crippen molar-refractivity contribution < 1.29 is 9.90 Å². The molecule has 0 bridgehead atoms. The Morgan fingerprint density at radius 3 is 2.21 bits per heavy atom. The summed E-state index contributed by atoms with van der Waals surface area (Å²) >= 11 is 0. The molecule has 0 fully saturated rings. The number of carbonyl (C=O) groups is 1. The number of carboxylic acids is 1. The molecule has 0 spiro atoms. The minimum Gasteiger partial charge on any atom is -0.481 e. The van der Waals surface area contributed by atoms with Crippen molar-refractivity contribution in [2.75, 3.05) is 0 Å². The summed E-state index contributed by atoms with van der Waals surface area (Å²) in [4.78, 5) is 10.5. The normalized spacial score (nSPS) is 11.9. The Morgan fingerprint density at radius 1 is 1.14 bits per heavy atom. The van der Waals surface area contributed by atoms with Crippen molar-refractivity contribution in [3.05, 3.63) is 0 Å². The number of aliphatic carboxylic acids is 1. The van der Waals surface area contributed by atoms with Crippen LogP contribution in [0.4, 0.5) is 0 Å². The Morgan fingerprint density at radius 2 is 1.79 bits per heavy atom. The molecular formula is C11H23ClO2. The minimum absolute atomic E-state index is 0. The smallest absolute Gasteiger partial charge is 0.303 e. The Balaban J connectivity index is 0. The van der Waals surface area contributed by atoms with Crippen molar-refractivity contribution in [1.29, 1.82) is 0 Å². The van der Waals surface area contributed by atoms with Crippen LogP contribution >= 0.6 is 12.4 Å². The summed E-state index contributed by atoms with van der Waals surface area (Å²) in [7, 11) is 0. The zero-order valence-corrected chi connectivity index (χ0v) is 10.1. The van der Waals surface area contributed by atoms with E-state index < -0.39 is 5.97 Å². The first kappa shape index (κ1) is 16.2. The lowest BCUT2D eigenvalue weighted by molar-refractivity contribution is -0.138. The lowest BCUT2D eigenvalue weighted by atomic mass is 9.93. The highest BCUT2D eigenvalue weighted by Gasteiger charge is 2.11. The van der Waals surface area contributed by atoms with Crippen LogP contribution in [0.15, 0.2) is 0 Å². The van der Waals surface area contributed by atoms with Crippen LogP contribution in [-0.4, -0.2) is 11.1 Å². The first-order chi connectivity index (χ1) is 6.20. The quantitative estimate of drug-likeness (QED) is 0.633. The molecule has 0 saturated heterocycles. The fourth-order valence-electron chi connectivity index (χ4n) is 1.69. The summed E-state index contributed by atoms with van der Waals surface area (Å²) in [5.74, 6) is -0.232. The zero-order chi connectivity index (χ0) is 10.1. The Hall–Kier alpha value is -0.240. The third kappa shape index (κ3) is 9.85. The average molecular weight is 223 g/mol. The van der Waals surface area contributed by atoms with Gasteiger partial charge in [0.25, 0.3) is 0 Å². The molecule has 0 saturated carbocycles. The molecule has 0 amide bonds. The van der Waals surface area contributed by atoms with Crippen molar-refractivity contribution in [2.24, 2.45) is 5.92 Å². The summed E-state index contributed by atoms with van der Waals surface area (Å²) in [6.07, 6.45) is 7.26. The third-order valence-electron chi connectivity index (χ3n) is 2.38. The zero-order valence-electron chi connectivity index (χ0n) is 9.29. The van der Waals surface area contributed by atoms with E-state index in [4.69, 9.17) is 5.11 Å². The first-order valence-corrected chi connectivity index (χ1v) is 5.42. The monoisotopic (exact) mass is 222 g/mol. The van der Waals surface area contributed by atoms with Gasteiger partial charge in [0.2, 0.25) is 0 Å². The molecule has 0 aromatic rings. The molecule has 1 atom stereocenters. The van der Waals surface area contributed by atoms with Gasteiger partial charge >= 0.3 is 5.97 Å². The van der Waals surface area contributed by atoms with Crippen molar-refractivity contribution in [1.82, 2.24) is 0 Å². The van der Waals surface area contributed by atoms with Crippen molar-refractivity contribution in [3.63, 3.8) is 0 Å². The number of hydrogen-bond acceptors (Lipinski definition) is 1. The molecule has 0 aliphatic carbocycles. The average Bonchev–Trinajstić information content (AvgIpc) is 2.04. The number of hydrogen-bond donors (Lipinski definition) is 1. The van der Waals surface area contributed by atoms with Gasteiger partial charge in [0.15, 0.2) is 0 Å². The van der Waals surface area contributed by atoms with Gasteiger partial charge < -0.3 is 5.11 Å². The van der Waals surface area contributed by atoms with Gasteiger partial charge in [-0.25, -0.2) is 0 Å². The standard InChI is InChI=1S/C11H22O2.ClH/c1-3-5-6-8-10(7-4-2)9-11(12)13;/h10H,3-9H2,1-2H3,(H,12,13);1H. The van der Waals surface area contributed by atoms with E-state index >= 15 is 0 Å². The van der Waals surface area contributed by atoms with Gasteiger partial charge in [0.05, 0.1) is 0 Å². The molecule has 0 heterocycles. The number of carboxylic acid groups (broad SMARTS) is 1. The van der Waals surface area contributed by atoms with Gasteiger partial charge in [-0.15, -0.1) is 12.4 Å². The van der Waals surface area contributed by atoms with E-state index in [0.29, 0.717) is 12.3 Å². The molecule has 1 unspecified atom stereocenters. The van der Waals surface area contributed by atoms with E-state index in [-0.39, 0.29) is 12.4 Å². The summed E-state index contributed by atoms with van der Waals surface area (Å²) in [6.45, 7) is 4.29. The molecule has 0 aliphatic rings. The summed E-state index contributed by atoms with van der Waals surface area (Å²) in [5, 5.41) is 8.67. The van der Waals surface area contributed by atoms with Crippen LogP contribution in [0.1, 0.15) is 58.8 Å². The molecule has 1 N–H and O–H groups in total. The predicted octanol–water partition coefficient (Wildman–Crippen LogP) is 3.88. The van der Waals surface area contributed by atoms with Crippen molar-refractivity contribution in [2.45, 2.75) is 58.8 Å². The molecule has 0 radical (unpaired) electrons. The van der Waals surface area contributed by atoms with Crippen LogP contribution in [0, 0.1) is 5.92 Å². The molecule has 3 heteroatoms. The minimum atomic E-state index is -0.644. The second kappa shape index (κ2) is 10.8. The topological polar surface area (TPSA) is 37.3 Å². The Kier molecular flexibility index (Phi) is 12.5. The molecule has 0 rings (SSSR count). The summed E-state index contributed by atoms with van der Waals surface area (Å²) in [6, 6.07) is 0. The Bertz CT molecular complexity index is 137. The van der Waals surface area contributed by atoms with Gasteiger partial charge in [0.1, 0.15) is 0 Å². The van der Waals surface area contributed by atoms with Crippen LogP contribution < -0.4 is 0 Å². The maximum Gasteiger partial charge on any atom is 0.303 e. The lowest BCUT2D eigenvalue weighted by Gasteiger charge is -2.12. The maximum absolute atomic E-state index is 10.5. The molecule has 86 valence electrons. The molecule has 14 heavy (non-hydrogen) atoms. The number of halogens is 1. The highest BCUT2D eigenvalue weighted by atomic mass is 35.5. The molecule has 0 aliphatic heterocycles. The summed E-state index contributed by atoms with van der Waals surface area (Å²) in [5.41, 5.74) is 0. The van der Waals surface area contributed by atoms with Crippen LogP contribution in [0.5, 0.6) is 0 Å². The van der Waals surface area contributed by atoms with Gasteiger partial charge in [-0.3, -0.25) is 4.79 Å². The van der Waals surface area contributed by atoms with Crippen LogP contribution in [0.3, 0.4) is 0 Å². The fourth-order valence-corrected chi connectivity index (χ4v) is 1.69. The SMILES string of the molecule is CCCCCC(CCC)CC(=O)O.Cl. The van der Waals surface area contributed by atoms with Gasteiger partial charge in [-0.1, -0.05) is 46.0 Å². The maximum atomic E-state index is 10.5. The molecule has 2 nitrogen and oxygen atoms in total. The predicted molar refractivity (Wildman–Crippen MR) is 62.0 cm³/mol. The van der Waals surface area contributed by atoms with Gasteiger partial charge in [0, 0.05) is 6.42 Å². The van der Waals surface area contributed by atoms with Gasteiger partial charge in [-0.05, 0) is 12.3 Å². The highest BCUT2D eigenvalue weighted by molar-refractivity contribution is 5.85. The fraction of sp³-hybridized carbons (Fsp3) is 0.909. The lowest BCUT2D eigenvalue weighted by Crippen LogP contribution is -2.07. The van der Waals surface area contributed by atoms with Gasteiger partial charge in [-0.2, -0.15) is 0 Å². The second-order valence-electron chi connectivity index (χ2n) is 3.75. The Labute approximate surface area is 93.5 Å². The largest absolute Gasteiger partial charge is 0.481 e. The van der Waals surface area contributed by atoms with E-state index in [1.807, 2.05) is 0 Å². The third-order valence-corrected chi connectivity index (χ3v) is 2.38. The number of rotatable bonds is 8. The van der Waals surface area contributed by atoms with E-state index in [9.17, 15) is 4.79 Å². The van der Waals surface area contributed by atoms with E-state index in [1.165, 1.54) is 19.3 Å². The highest BCUT2D eigenvalue weighted by Crippen LogP contribution is 2.18. The first-order valence-electron chi connectivity index (χ1n) is 5.42. The van der Waals surface area contributed by atoms with Crippen LogP contribution in [0.25, 0.3) is 0 Å². The van der Waals surface area contributed by atoms with E-state index in [0.717, 1.165) is 19.3 Å².